The maximum absolute atomic E-state index is 13.2. The molecule has 0 bridgehead atoms. The Morgan fingerprint density at radius 1 is 1.42 bits per heavy atom. The summed E-state index contributed by atoms with van der Waals surface area (Å²) >= 11 is 3.17. The fraction of sp³-hybridized carbons (Fsp3) is 0.0769. The first kappa shape index (κ1) is 13.5. The van der Waals surface area contributed by atoms with E-state index < -0.39 is 11.8 Å². The Kier molecular flexibility index (Phi) is 4.11. The largest absolute Gasteiger partial charge is 0.486 e. The molecule has 0 radical (unpaired) electrons. The van der Waals surface area contributed by atoms with E-state index in [-0.39, 0.29) is 18.1 Å². The molecule has 6 heteroatoms. The third-order valence-electron chi connectivity index (χ3n) is 2.29. The summed E-state index contributed by atoms with van der Waals surface area (Å²) in [6.45, 7) is 0.0579. The topological polar surface area (TPSA) is 59.4 Å². The molecule has 0 amide bonds. The van der Waals surface area contributed by atoms with Crippen molar-refractivity contribution in [3.05, 3.63) is 58.1 Å². The lowest BCUT2D eigenvalue weighted by Gasteiger charge is -2.08. The van der Waals surface area contributed by atoms with Gasteiger partial charge in [0.25, 0.3) is 0 Å². The summed E-state index contributed by atoms with van der Waals surface area (Å²) < 4.78 is 19.1. The molecule has 0 aliphatic carbocycles. The predicted octanol–water partition coefficient (Wildman–Crippen LogP) is 3.26. The van der Waals surface area contributed by atoms with Crippen molar-refractivity contribution < 1.29 is 19.0 Å². The number of halogens is 2. The SMILES string of the molecule is O=C(O)c1ncccc1OCc1cc(F)cc(Br)c1. The monoisotopic (exact) mass is 325 g/mol. The summed E-state index contributed by atoms with van der Waals surface area (Å²) in [5.74, 6) is -1.41. The van der Waals surface area contributed by atoms with E-state index in [4.69, 9.17) is 9.84 Å². The third kappa shape index (κ3) is 3.51. The summed E-state index contributed by atoms with van der Waals surface area (Å²) in [4.78, 5) is 14.6. The van der Waals surface area contributed by atoms with Crippen LogP contribution >= 0.6 is 15.9 Å². The molecular weight excluding hydrogens is 317 g/mol. The molecule has 0 saturated heterocycles. The highest BCUT2D eigenvalue weighted by Crippen LogP contribution is 2.19. The van der Waals surface area contributed by atoms with E-state index in [1.54, 1.807) is 12.1 Å². The number of aromatic nitrogens is 1. The van der Waals surface area contributed by atoms with E-state index in [2.05, 4.69) is 20.9 Å². The van der Waals surface area contributed by atoms with E-state index >= 15 is 0 Å². The second kappa shape index (κ2) is 5.79. The van der Waals surface area contributed by atoms with Crippen molar-refractivity contribution in [2.24, 2.45) is 0 Å². The molecular formula is C13H9BrFNO3. The molecule has 1 N–H and O–H groups in total. The third-order valence-corrected chi connectivity index (χ3v) is 2.75. The standard InChI is InChI=1S/C13H9BrFNO3/c14-9-4-8(5-10(15)6-9)7-19-11-2-1-3-16-12(11)13(17)18/h1-6H,7H2,(H,17,18). The maximum atomic E-state index is 13.2. The van der Waals surface area contributed by atoms with E-state index in [1.165, 1.54) is 24.4 Å². The first-order valence-electron chi connectivity index (χ1n) is 5.32. The number of nitrogens with zero attached hydrogens (tertiary/aromatic N) is 1. The van der Waals surface area contributed by atoms with Crippen molar-refractivity contribution >= 4 is 21.9 Å². The normalized spacial score (nSPS) is 10.2. The van der Waals surface area contributed by atoms with E-state index in [1.807, 2.05) is 0 Å². The average Bonchev–Trinajstić information content (AvgIpc) is 2.35. The van der Waals surface area contributed by atoms with Crippen LogP contribution in [0.25, 0.3) is 0 Å². The van der Waals surface area contributed by atoms with Gasteiger partial charge in [0.2, 0.25) is 0 Å². The van der Waals surface area contributed by atoms with Crippen molar-refractivity contribution in [1.29, 1.82) is 0 Å². The van der Waals surface area contributed by atoms with Gasteiger partial charge in [-0.05, 0) is 35.9 Å². The summed E-state index contributed by atoms with van der Waals surface area (Å²) in [5.41, 5.74) is 0.421. The van der Waals surface area contributed by atoms with Gasteiger partial charge < -0.3 is 9.84 Å². The van der Waals surface area contributed by atoms with E-state index in [0.29, 0.717) is 10.0 Å². The Morgan fingerprint density at radius 2 is 2.21 bits per heavy atom. The summed E-state index contributed by atoms with van der Waals surface area (Å²) in [5, 5.41) is 8.94. The van der Waals surface area contributed by atoms with Crippen LogP contribution in [0.1, 0.15) is 16.1 Å². The molecule has 0 atom stereocenters. The minimum absolute atomic E-state index is 0.0579. The van der Waals surface area contributed by atoms with Crippen molar-refractivity contribution in [2.75, 3.05) is 0 Å². The second-order valence-corrected chi connectivity index (χ2v) is 4.64. The highest BCUT2D eigenvalue weighted by atomic mass is 79.9. The summed E-state index contributed by atoms with van der Waals surface area (Å²) in [6, 6.07) is 7.42. The Bertz CT molecular complexity index is 598. The van der Waals surface area contributed by atoms with Crippen LogP contribution in [0.4, 0.5) is 4.39 Å². The van der Waals surface area contributed by atoms with Crippen LogP contribution in [0.2, 0.25) is 0 Å². The zero-order valence-corrected chi connectivity index (χ0v) is 11.2. The van der Waals surface area contributed by atoms with Crippen LogP contribution in [0.5, 0.6) is 5.75 Å². The van der Waals surface area contributed by atoms with Gasteiger partial charge >= 0.3 is 5.97 Å². The number of carboxylic acids is 1. The lowest BCUT2D eigenvalue weighted by molar-refractivity contribution is 0.0685. The Hall–Kier alpha value is -1.95. The number of carbonyl (C=O) groups is 1. The van der Waals surface area contributed by atoms with Gasteiger partial charge in [-0.1, -0.05) is 15.9 Å². The van der Waals surface area contributed by atoms with Crippen LogP contribution in [0.3, 0.4) is 0 Å². The number of aromatic carboxylic acids is 1. The zero-order valence-electron chi connectivity index (χ0n) is 9.64. The quantitative estimate of drug-likeness (QED) is 0.937. The highest BCUT2D eigenvalue weighted by molar-refractivity contribution is 9.10. The molecule has 0 aliphatic rings. The van der Waals surface area contributed by atoms with Crippen LogP contribution in [-0.2, 0) is 6.61 Å². The van der Waals surface area contributed by atoms with Crippen LogP contribution in [0, 0.1) is 5.82 Å². The molecule has 2 aromatic rings. The van der Waals surface area contributed by atoms with Crippen molar-refractivity contribution in [3.8, 4) is 5.75 Å². The fourth-order valence-corrected chi connectivity index (χ4v) is 2.04. The smallest absolute Gasteiger partial charge is 0.358 e. The molecule has 1 heterocycles. The van der Waals surface area contributed by atoms with E-state index in [0.717, 1.165) is 0 Å². The van der Waals surface area contributed by atoms with Crippen molar-refractivity contribution in [3.63, 3.8) is 0 Å². The minimum Gasteiger partial charge on any atom is -0.486 e. The molecule has 4 nitrogen and oxygen atoms in total. The van der Waals surface area contributed by atoms with Crippen LogP contribution in [0.15, 0.2) is 41.0 Å². The summed E-state index contributed by atoms with van der Waals surface area (Å²) in [7, 11) is 0. The van der Waals surface area contributed by atoms with Gasteiger partial charge in [0.05, 0.1) is 0 Å². The van der Waals surface area contributed by atoms with Crippen LogP contribution < -0.4 is 4.74 Å². The van der Waals surface area contributed by atoms with Crippen molar-refractivity contribution in [1.82, 2.24) is 4.98 Å². The predicted molar refractivity (Wildman–Crippen MR) is 69.6 cm³/mol. The minimum atomic E-state index is -1.17. The summed E-state index contributed by atoms with van der Waals surface area (Å²) in [6.07, 6.45) is 1.37. The molecule has 1 aromatic heterocycles. The fourth-order valence-electron chi connectivity index (χ4n) is 1.52. The van der Waals surface area contributed by atoms with Gasteiger partial charge in [-0.25, -0.2) is 14.2 Å². The van der Waals surface area contributed by atoms with Gasteiger partial charge in [0.15, 0.2) is 11.4 Å². The first-order chi connectivity index (χ1) is 9.06. The number of ether oxygens (including phenoxy) is 1. The van der Waals surface area contributed by atoms with Gasteiger partial charge in [-0.3, -0.25) is 0 Å². The van der Waals surface area contributed by atoms with Crippen LogP contribution in [-0.4, -0.2) is 16.1 Å². The average molecular weight is 326 g/mol. The van der Waals surface area contributed by atoms with E-state index in [9.17, 15) is 9.18 Å². The van der Waals surface area contributed by atoms with Crippen molar-refractivity contribution in [2.45, 2.75) is 6.61 Å². The lowest BCUT2D eigenvalue weighted by Crippen LogP contribution is -2.05. The number of pyridine rings is 1. The molecule has 98 valence electrons. The number of hydrogen-bond donors (Lipinski definition) is 1. The van der Waals surface area contributed by atoms with Gasteiger partial charge in [0, 0.05) is 10.7 Å². The molecule has 2 rings (SSSR count). The van der Waals surface area contributed by atoms with Gasteiger partial charge in [-0.15, -0.1) is 0 Å². The first-order valence-corrected chi connectivity index (χ1v) is 6.11. The molecule has 19 heavy (non-hydrogen) atoms. The number of hydrogen-bond acceptors (Lipinski definition) is 3. The molecule has 0 aliphatic heterocycles. The number of rotatable bonds is 4. The molecule has 1 aromatic carbocycles. The maximum Gasteiger partial charge on any atom is 0.358 e. The Labute approximate surface area is 117 Å². The zero-order chi connectivity index (χ0) is 13.8. The lowest BCUT2D eigenvalue weighted by atomic mass is 10.2. The van der Waals surface area contributed by atoms with Gasteiger partial charge in [-0.2, -0.15) is 0 Å². The second-order valence-electron chi connectivity index (χ2n) is 3.72. The Balaban J connectivity index is 2.16. The van der Waals surface area contributed by atoms with Gasteiger partial charge in [0.1, 0.15) is 12.4 Å². The highest BCUT2D eigenvalue weighted by Gasteiger charge is 2.12. The molecule has 0 unspecified atom stereocenters. The molecule has 0 spiro atoms. The molecule has 0 fully saturated rings. The number of carboxylic acid groups (broad SMARTS) is 1. The Morgan fingerprint density at radius 3 is 2.89 bits per heavy atom. The number of benzene rings is 1. The molecule has 0 saturated carbocycles.